The zero-order chi connectivity index (χ0) is 4.99. The zero-order valence-corrected chi connectivity index (χ0v) is 5.30. The summed E-state index contributed by atoms with van der Waals surface area (Å²) in [5.74, 6) is 0.676. The summed E-state index contributed by atoms with van der Waals surface area (Å²) in [5.41, 5.74) is 5.27. The van der Waals surface area contributed by atoms with Crippen LogP contribution >= 0.6 is 9.24 Å². The minimum absolute atomic E-state index is 0.676. The van der Waals surface area contributed by atoms with Crippen LogP contribution in [0.15, 0.2) is 0 Å². The molecule has 0 saturated heterocycles. The molecular weight excluding hydrogens is 93.0 g/mol. The molecule has 0 heterocycles. The Labute approximate surface area is 41.5 Å². The van der Waals surface area contributed by atoms with Crippen molar-refractivity contribution in [2.45, 2.75) is 6.92 Å². The lowest BCUT2D eigenvalue weighted by atomic mass is 10.2. The first-order chi connectivity index (χ1) is 2.81. The predicted molar refractivity (Wildman–Crippen MR) is 32.8 cm³/mol. The van der Waals surface area contributed by atoms with Crippen LogP contribution in [0.3, 0.4) is 0 Å². The Morgan fingerprint density at radius 3 is 2.33 bits per heavy atom. The molecule has 0 aromatic carbocycles. The highest BCUT2D eigenvalue weighted by Crippen LogP contribution is 1.94. The third-order valence-electron chi connectivity index (χ3n) is 0.805. The topological polar surface area (TPSA) is 26.0 Å². The Bertz CT molecular complexity index is 26.7. The second kappa shape index (κ2) is 3.58. The van der Waals surface area contributed by atoms with Crippen molar-refractivity contribution in [3.05, 3.63) is 0 Å². The van der Waals surface area contributed by atoms with Gasteiger partial charge < -0.3 is 5.73 Å². The molecule has 0 amide bonds. The van der Waals surface area contributed by atoms with Crippen LogP contribution in [0, 0.1) is 5.92 Å². The molecule has 0 radical (unpaired) electrons. The van der Waals surface area contributed by atoms with E-state index in [0.717, 1.165) is 12.7 Å². The Kier molecular flexibility index (Phi) is 3.81. The molecule has 0 aromatic rings. The fourth-order valence-corrected chi connectivity index (χ4v) is 0.289. The first kappa shape index (κ1) is 6.39. The monoisotopic (exact) mass is 105 g/mol. The molecule has 6 heavy (non-hydrogen) atoms. The van der Waals surface area contributed by atoms with Crippen molar-refractivity contribution < 1.29 is 0 Å². The highest BCUT2D eigenvalue weighted by molar-refractivity contribution is 7.16. The average Bonchev–Trinajstić information content (AvgIpc) is 1.65. The summed E-state index contributed by atoms with van der Waals surface area (Å²) < 4.78 is 0. The van der Waals surface area contributed by atoms with Crippen LogP contribution in [0.5, 0.6) is 0 Å². The Balaban J connectivity index is 2.75. The molecule has 1 nitrogen and oxygen atoms in total. The summed E-state index contributed by atoms with van der Waals surface area (Å²) >= 11 is 0. The van der Waals surface area contributed by atoms with E-state index in [-0.39, 0.29) is 0 Å². The first-order valence-electron chi connectivity index (χ1n) is 2.21. The maximum absolute atomic E-state index is 5.27. The van der Waals surface area contributed by atoms with Crippen molar-refractivity contribution in [2.24, 2.45) is 11.7 Å². The molecule has 0 bridgehead atoms. The van der Waals surface area contributed by atoms with Crippen LogP contribution in [-0.2, 0) is 0 Å². The van der Waals surface area contributed by atoms with E-state index in [1.54, 1.807) is 0 Å². The number of hydrogen-bond acceptors (Lipinski definition) is 1. The van der Waals surface area contributed by atoms with E-state index in [2.05, 4.69) is 16.2 Å². The number of hydrogen-bond donors (Lipinski definition) is 1. The summed E-state index contributed by atoms with van der Waals surface area (Å²) in [6.45, 7) is 2.94. The lowest BCUT2D eigenvalue weighted by Gasteiger charge is -1.98. The SMILES string of the molecule is CC(CN)CP. The van der Waals surface area contributed by atoms with Gasteiger partial charge in [0.25, 0.3) is 0 Å². The van der Waals surface area contributed by atoms with Crippen LogP contribution in [0.4, 0.5) is 0 Å². The molecule has 0 fully saturated rings. The van der Waals surface area contributed by atoms with Gasteiger partial charge in [-0.3, -0.25) is 0 Å². The molecule has 0 saturated carbocycles. The Morgan fingerprint density at radius 2 is 2.33 bits per heavy atom. The van der Waals surface area contributed by atoms with Gasteiger partial charge in [-0.1, -0.05) is 6.92 Å². The van der Waals surface area contributed by atoms with E-state index in [4.69, 9.17) is 5.73 Å². The number of nitrogens with two attached hydrogens (primary N) is 1. The van der Waals surface area contributed by atoms with Gasteiger partial charge in [-0.2, -0.15) is 0 Å². The molecule has 0 aromatic heterocycles. The minimum Gasteiger partial charge on any atom is -0.330 e. The van der Waals surface area contributed by atoms with E-state index in [1.807, 2.05) is 0 Å². The van der Waals surface area contributed by atoms with E-state index in [0.29, 0.717) is 5.92 Å². The Hall–Kier alpha value is 0.390. The molecule has 38 valence electrons. The molecule has 0 aliphatic heterocycles. The third kappa shape index (κ3) is 2.62. The van der Waals surface area contributed by atoms with Gasteiger partial charge in [-0.25, -0.2) is 0 Å². The molecule has 2 N–H and O–H groups in total. The lowest BCUT2D eigenvalue weighted by molar-refractivity contribution is 0.675. The van der Waals surface area contributed by atoms with Crippen LogP contribution in [0.2, 0.25) is 0 Å². The zero-order valence-electron chi connectivity index (χ0n) is 4.15. The summed E-state index contributed by atoms with van der Waals surface area (Å²) in [7, 11) is 2.66. The van der Waals surface area contributed by atoms with E-state index in [9.17, 15) is 0 Å². The second-order valence-corrected chi connectivity index (χ2v) is 2.05. The molecule has 0 aliphatic rings. The molecule has 2 atom stereocenters. The summed E-state index contributed by atoms with van der Waals surface area (Å²) in [4.78, 5) is 0. The fraction of sp³-hybridized carbons (Fsp3) is 1.00. The molecule has 2 unspecified atom stereocenters. The maximum atomic E-state index is 5.27. The summed E-state index contributed by atoms with van der Waals surface area (Å²) in [6.07, 6.45) is 1.12. The smallest absolute Gasteiger partial charge is 0.00483 e. The highest BCUT2D eigenvalue weighted by atomic mass is 31.0. The average molecular weight is 105 g/mol. The van der Waals surface area contributed by atoms with E-state index < -0.39 is 0 Å². The van der Waals surface area contributed by atoms with Crippen molar-refractivity contribution in [1.29, 1.82) is 0 Å². The molecule has 0 rings (SSSR count). The van der Waals surface area contributed by atoms with Gasteiger partial charge in [0, 0.05) is 0 Å². The van der Waals surface area contributed by atoms with Crippen LogP contribution in [0.1, 0.15) is 6.92 Å². The molecule has 0 aliphatic carbocycles. The van der Waals surface area contributed by atoms with Gasteiger partial charge >= 0.3 is 0 Å². The van der Waals surface area contributed by atoms with Crippen LogP contribution in [-0.4, -0.2) is 12.7 Å². The Morgan fingerprint density at radius 1 is 1.83 bits per heavy atom. The number of rotatable bonds is 2. The summed E-state index contributed by atoms with van der Waals surface area (Å²) in [5, 5.41) is 0. The standard InChI is InChI=1S/C4H12NP/c1-4(2-5)3-6/h4H,2-3,5-6H2,1H3. The predicted octanol–water partition coefficient (Wildman–Crippen LogP) is 0.456. The van der Waals surface area contributed by atoms with Gasteiger partial charge in [0.2, 0.25) is 0 Å². The molecular formula is C4H12NP. The largest absolute Gasteiger partial charge is 0.330 e. The van der Waals surface area contributed by atoms with Gasteiger partial charge in [-0.15, -0.1) is 9.24 Å². The van der Waals surface area contributed by atoms with Gasteiger partial charge in [-0.05, 0) is 18.6 Å². The molecule has 2 heteroatoms. The third-order valence-corrected chi connectivity index (χ3v) is 1.61. The van der Waals surface area contributed by atoms with Crippen molar-refractivity contribution in [1.82, 2.24) is 0 Å². The minimum atomic E-state index is 0.676. The van der Waals surface area contributed by atoms with Gasteiger partial charge in [0.05, 0.1) is 0 Å². The summed E-state index contributed by atoms with van der Waals surface area (Å²) in [6, 6.07) is 0. The maximum Gasteiger partial charge on any atom is -0.00483 e. The van der Waals surface area contributed by atoms with Gasteiger partial charge in [0.15, 0.2) is 0 Å². The quantitative estimate of drug-likeness (QED) is 0.507. The van der Waals surface area contributed by atoms with Crippen molar-refractivity contribution in [2.75, 3.05) is 12.7 Å². The van der Waals surface area contributed by atoms with Crippen molar-refractivity contribution in [3.8, 4) is 0 Å². The van der Waals surface area contributed by atoms with Crippen molar-refractivity contribution in [3.63, 3.8) is 0 Å². The van der Waals surface area contributed by atoms with E-state index >= 15 is 0 Å². The normalized spacial score (nSPS) is 14.5. The fourth-order valence-electron chi connectivity index (χ4n) is 0.0962. The first-order valence-corrected chi connectivity index (χ1v) is 3.03. The van der Waals surface area contributed by atoms with Crippen LogP contribution < -0.4 is 5.73 Å². The lowest BCUT2D eigenvalue weighted by Crippen LogP contribution is -2.10. The van der Waals surface area contributed by atoms with E-state index in [1.165, 1.54) is 0 Å². The highest BCUT2D eigenvalue weighted by Gasteiger charge is 1.89. The van der Waals surface area contributed by atoms with Gasteiger partial charge in [0.1, 0.15) is 0 Å². The molecule has 0 spiro atoms. The second-order valence-electron chi connectivity index (χ2n) is 1.58. The van der Waals surface area contributed by atoms with Crippen LogP contribution in [0.25, 0.3) is 0 Å². The van der Waals surface area contributed by atoms with Crippen molar-refractivity contribution >= 4 is 9.24 Å².